The highest BCUT2D eigenvalue weighted by molar-refractivity contribution is 5.73. The summed E-state index contributed by atoms with van der Waals surface area (Å²) in [5, 5.41) is 8.73. The lowest BCUT2D eigenvalue weighted by molar-refractivity contribution is 0.156. The minimum absolute atomic E-state index is 0.398. The third-order valence-electron chi connectivity index (χ3n) is 2.92. The zero-order valence-electron chi connectivity index (χ0n) is 10.2. The second kappa shape index (κ2) is 4.56. The van der Waals surface area contributed by atoms with Crippen molar-refractivity contribution >= 4 is 17.2 Å². The third kappa shape index (κ3) is 2.22. The second-order valence-corrected chi connectivity index (χ2v) is 4.18. The van der Waals surface area contributed by atoms with Crippen LogP contribution >= 0.6 is 0 Å². The number of carboxylic acid groups (broad SMARTS) is 1. The Morgan fingerprint density at radius 1 is 1.50 bits per heavy atom. The summed E-state index contributed by atoms with van der Waals surface area (Å²) in [6.45, 7) is 0.401. The molecule has 0 radical (unpaired) electrons. The number of hydrogen-bond acceptors (Lipinski definition) is 3. The fourth-order valence-corrected chi connectivity index (χ4v) is 1.73. The van der Waals surface area contributed by atoms with Gasteiger partial charge in [-0.25, -0.2) is 9.59 Å². The number of nitrogens with zero attached hydrogens (tertiary/aromatic N) is 2. The molecule has 0 saturated heterocycles. The van der Waals surface area contributed by atoms with Gasteiger partial charge in [-0.3, -0.25) is 4.57 Å². The van der Waals surface area contributed by atoms with Crippen molar-refractivity contribution < 1.29 is 14.3 Å². The van der Waals surface area contributed by atoms with Crippen LogP contribution in [0.25, 0.3) is 11.1 Å². The van der Waals surface area contributed by atoms with E-state index in [2.05, 4.69) is 0 Å². The van der Waals surface area contributed by atoms with Crippen LogP contribution < -0.4 is 5.76 Å². The van der Waals surface area contributed by atoms with Gasteiger partial charge in [-0.05, 0) is 24.1 Å². The second-order valence-electron chi connectivity index (χ2n) is 4.18. The Labute approximate surface area is 103 Å². The first-order valence-electron chi connectivity index (χ1n) is 5.51. The average molecular weight is 250 g/mol. The Hall–Kier alpha value is -2.24. The number of likely N-dealkylation sites (N-methyl/N-ethyl adjacent to an activating group) is 1. The maximum absolute atomic E-state index is 11.3. The monoisotopic (exact) mass is 250 g/mol. The summed E-state index contributed by atoms with van der Waals surface area (Å²) in [4.78, 5) is 23.2. The number of oxazole rings is 1. The van der Waals surface area contributed by atoms with Crippen molar-refractivity contribution in [2.45, 2.75) is 6.42 Å². The third-order valence-corrected chi connectivity index (χ3v) is 2.92. The van der Waals surface area contributed by atoms with Crippen molar-refractivity contribution in [1.82, 2.24) is 9.47 Å². The molecule has 6 nitrogen and oxygen atoms in total. The lowest BCUT2D eigenvalue weighted by Crippen LogP contribution is -2.26. The van der Waals surface area contributed by atoms with Crippen molar-refractivity contribution in [3.05, 3.63) is 34.3 Å². The summed E-state index contributed by atoms with van der Waals surface area (Å²) >= 11 is 0. The van der Waals surface area contributed by atoms with Gasteiger partial charge in [0, 0.05) is 20.6 Å². The van der Waals surface area contributed by atoms with Gasteiger partial charge in [0.05, 0.1) is 5.52 Å². The Kier molecular flexibility index (Phi) is 3.10. The van der Waals surface area contributed by atoms with Crippen LogP contribution in [0, 0.1) is 0 Å². The van der Waals surface area contributed by atoms with Gasteiger partial charge in [0.25, 0.3) is 0 Å². The highest BCUT2D eigenvalue weighted by Gasteiger charge is 2.08. The van der Waals surface area contributed by atoms with E-state index < -0.39 is 11.8 Å². The van der Waals surface area contributed by atoms with Gasteiger partial charge < -0.3 is 14.4 Å². The molecule has 0 atom stereocenters. The summed E-state index contributed by atoms with van der Waals surface area (Å²) in [5.74, 6) is -0.398. The number of aromatic nitrogens is 1. The lowest BCUT2D eigenvalue weighted by Gasteiger charge is -2.12. The van der Waals surface area contributed by atoms with Crippen LogP contribution in [0.15, 0.2) is 27.4 Å². The molecule has 0 spiro atoms. The molecule has 0 aliphatic heterocycles. The van der Waals surface area contributed by atoms with Gasteiger partial charge in [-0.15, -0.1) is 0 Å². The van der Waals surface area contributed by atoms with E-state index in [1.165, 1.54) is 16.5 Å². The van der Waals surface area contributed by atoms with Crippen LogP contribution in [-0.4, -0.2) is 34.3 Å². The summed E-state index contributed by atoms with van der Waals surface area (Å²) in [5.41, 5.74) is 2.19. The minimum atomic E-state index is -0.956. The van der Waals surface area contributed by atoms with Crippen molar-refractivity contribution in [3.63, 3.8) is 0 Å². The molecule has 0 aliphatic carbocycles. The number of aryl methyl sites for hydroxylation is 1. The minimum Gasteiger partial charge on any atom is -0.465 e. The molecule has 0 fully saturated rings. The SMILES string of the molecule is CN(CCc1ccc2c(c1)oc(=O)n2C)C(=O)O. The van der Waals surface area contributed by atoms with Crippen molar-refractivity contribution in [1.29, 1.82) is 0 Å². The zero-order valence-corrected chi connectivity index (χ0v) is 10.2. The summed E-state index contributed by atoms with van der Waals surface area (Å²) < 4.78 is 6.50. The number of fused-ring (bicyclic) bond motifs is 1. The fourth-order valence-electron chi connectivity index (χ4n) is 1.73. The molecule has 0 unspecified atom stereocenters. The van der Waals surface area contributed by atoms with Crippen LogP contribution in [0.3, 0.4) is 0 Å². The maximum atomic E-state index is 11.3. The molecule has 18 heavy (non-hydrogen) atoms. The van der Waals surface area contributed by atoms with Gasteiger partial charge >= 0.3 is 11.8 Å². The molecule has 6 heteroatoms. The van der Waals surface area contributed by atoms with Gasteiger partial charge in [0.1, 0.15) is 0 Å². The van der Waals surface area contributed by atoms with Crippen LogP contribution in [-0.2, 0) is 13.5 Å². The smallest absolute Gasteiger partial charge is 0.419 e. The molecule has 2 aromatic rings. The predicted octanol–water partition coefficient (Wildman–Crippen LogP) is 1.28. The fraction of sp³-hybridized carbons (Fsp3) is 0.333. The Morgan fingerprint density at radius 3 is 2.89 bits per heavy atom. The van der Waals surface area contributed by atoms with Crippen LogP contribution in [0.1, 0.15) is 5.56 Å². The van der Waals surface area contributed by atoms with Gasteiger partial charge in [0.15, 0.2) is 5.58 Å². The first-order chi connectivity index (χ1) is 8.49. The molecule has 2 rings (SSSR count). The molecular weight excluding hydrogens is 236 g/mol. The Bertz CT molecular complexity index is 641. The molecule has 1 N–H and O–H groups in total. The van der Waals surface area contributed by atoms with Crippen molar-refractivity contribution in [2.75, 3.05) is 13.6 Å². The molecule has 96 valence electrons. The molecule has 0 bridgehead atoms. The molecule has 0 aliphatic rings. The van der Waals surface area contributed by atoms with E-state index in [0.717, 1.165) is 11.1 Å². The number of rotatable bonds is 3. The van der Waals surface area contributed by atoms with Crippen molar-refractivity contribution in [3.8, 4) is 0 Å². The molecule has 1 amide bonds. The molecule has 1 aromatic carbocycles. The number of hydrogen-bond donors (Lipinski definition) is 1. The van der Waals surface area contributed by atoms with Gasteiger partial charge in [-0.2, -0.15) is 0 Å². The summed E-state index contributed by atoms with van der Waals surface area (Å²) in [6.07, 6.45) is -0.375. The number of carbonyl (C=O) groups is 1. The van der Waals surface area contributed by atoms with E-state index >= 15 is 0 Å². The van der Waals surface area contributed by atoms with E-state index in [9.17, 15) is 9.59 Å². The van der Waals surface area contributed by atoms with Crippen LogP contribution in [0.4, 0.5) is 4.79 Å². The molecular formula is C12H14N2O4. The normalized spacial score (nSPS) is 10.8. The van der Waals surface area contributed by atoms with Crippen LogP contribution in [0.2, 0.25) is 0 Å². The Balaban J connectivity index is 2.20. The maximum Gasteiger partial charge on any atom is 0.419 e. The number of benzene rings is 1. The molecule has 0 saturated carbocycles. The van der Waals surface area contributed by atoms with E-state index in [-0.39, 0.29) is 0 Å². The van der Waals surface area contributed by atoms with Gasteiger partial charge in [0.2, 0.25) is 0 Å². The average Bonchev–Trinajstić information content (AvgIpc) is 2.61. The highest BCUT2D eigenvalue weighted by atomic mass is 16.4. The quantitative estimate of drug-likeness (QED) is 0.890. The predicted molar refractivity (Wildman–Crippen MR) is 65.8 cm³/mol. The topological polar surface area (TPSA) is 75.7 Å². The Morgan fingerprint density at radius 2 is 2.22 bits per heavy atom. The molecule has 1 heterocycles. The first kappa shape index (κ1) is 12.2. The number of amides is 1. The first-order valence-corrected chi connectivity index (χ1v) is 5.51. The summed E-state index contributed by atoms with van der Waals surface area (Å²) in [6, 6.07) is 5.44. The van der Waals surface area contributed by atoms with Crippen molar-refractivity contribution in [2.24, 2.45) is 7.05 Å². The lowest BCUT2D eigenvalue weighted by atomic mass is 10.1. The highest BCUT2D eigenvalue weighted by Crippen LogP contribution is 2.14. The van der Waals surface area contributed by atoms with E-state index in [4.69, 9.17) is 9.52 Å². The largest absolute Gasteiger partial charge is 0.465 e. The van der Waals surface area contributed by atoms with Gasteiger partial charge in [-0.1, -0.05) is 6.07 Å². The standard InChI is InChI=1S/C12H14N2O4/c1-13(11(15)16)6-5-8-3-4-9-10(7-8)18-12(17)14(9)2/h3-4,7H,5-6H2,1-2H3,(H,15,16). The van der Waals surface area contributed by atoms with E-state index in [1.54, 1.807) is 19.2 Å². The summed E-state index contributed by atoms with van der Waals surface area (Å²) in [7, 11) is 3.16. The van der Waals surface area contributed by atoms with E-state index in [0.29, 0.717) is 18.5 Å². The van der Waals surface area contributed by atoms with Crippen LogP contribution in [0.5, 0.6) is 0 Å². The molecule has 1 aromatic heterocycles. The zero-order chi connectivity index (χ0) is 13.3. The van der Waals surface area contributed by atoms with E-state index in [1.807, 2.05) is 6.07 Å².